The molecule has 1 aliphatic carbocycles. The first kappa shape index (κ1) is 18.0. The number of amides is 1. The second-order valence-electron chi connectivity index (χ2n) is 7.98. The Labute approximate surface area is 158 Å². The molecule has 2 N–H and O–H groups in total. The molecule has 6 nitrogen and oxygen atoms in total. The van der Waals surface area contributed by atoms with Gasteiger partial charge < -0.3 is 15.1 Å². The Bertz CT molecular complexity index is 806. The Morgan fingerprint density at radius 3 is 2.48 bits per heavy atom. The topological polar surface area (TPSA) is 81.1 Å². The lowest BCUT2D eigenvalue weighted by atomic mass is 9.81. The van der Waals surface area contributed by atoms with Crippen LogP contribution in [-0.2, 0) is 16.1 Å². The molecular formula is C21H24N2O4. The maximum absolute atomic E-state index is 12.4. The fourth-order valence-electron chi connectivity index (χ4n) is 4.44. The van der Waals surface area contributed by atoms with Crippen molar-refractivity contribution in [1.29, 1.82) is 0 Å². The van der Waals surface area contributed by atoms with E-state index in [-0.39, 0.29) is 24.3 Å². The van der Waals surface area contributed by atoms with Crippen LogP contribution < -0.4 is 0 Å². The van der Waals surface area contributed by atoms with E-state index in [0.717, 1.165) is 24.0 Å². The molecule has 1 saturated carbocycles. The standard InChI is InChI=1S/C21H24N2O4/c24-9-1-2-15-3-5-16(6-4-15)10-22-11-18-12-23(19(25)17-7-8-17)14-21(18,13-22)20(26)27/h3-6,17-18,24H,7-14H2,(H,26,27). The third kappa shape index (κ3) is 3.45. The second kappa shape index (κ2) is 6.99. The molecule has 3 fully saturated rings. The summed E-state index contributed by atoms with van der Waals surface area (Å²) in [5.41, 5.74) is 1.12. The second-order valence-corrected chi connectivity index (χ2v) is 7.98. The molecule has 0 radical (unpaired) electrons. The number of carboxylic acids is 1. The van der Waals surface area contributed by atoms with Gasteiger partial charge in [-0.15, -0.1) is 0 Å². The van der Waals surface area contributed by atoms with Crippen LogP contribution in [0.1, 0.15) is 24.0 Å². The molecule has 3 aliphatic rings. The number of likely N-dealkylation sites (tertiary alicyclic amines) is 2. The summed E-state index contributed by atoms with van der Waals surface area (Å²) in [5, 5.41) is 18.7. The quantitative estimate of drug-likeness (QED) is 0.768. The number of benzene rings is 1. The van der Waals surface area contributed by atoms with Gasteiger partial charge in [-0.25, -0.2) is 0 Å². The lowest BCUT2D eigenvalue weighted by Crippen LogP contribution is -2.42. The minimum absolute atomic E-state index is 0.00704. The van der Waals surface area contributed by atoms with Gasteiger partial charge in [-0.2, -0.15) is 0 Å². The van der Waals surface area contributed by atoms with E-state index >= 15 is 0 Å². The minimum atomic E-state index is -0.836. The van der Waals surface area contributed by atoms with Crippen LogP contribution in [0.25, 0.3) is 0 Å². The molecule has 6 heteroatoms. The van der Waals surface area contributed by atoms with Crippen molar-refractivity contribution in [2.24, 2.45) is 17.3 Å². The van der Waals surface area contributed by atoms with Crippen molar-refractivity contribution in [3.8, 4) is 11.8 Å². The number of carboxylic acid groups (broad SMARTS) is 1. The van der Waals surface area contributed by atoms with Crippen LogP contribution in [0.2, 0.25) is 0 Å². The number of nitrogens with zero attached hydrogens (tertiary/aromatic N) is 2. The average Bonchev–Trinajstić information content (AvgIpc) is 3.35. The Morgan fingerprint density at radius 1 is 1.15 bits per heavy atom. The lowest BCUT2D eigenvalue weighted by molar-refractivity contribution is -0.149. The number of hydrogen-bond donors (Lipinski definition) is 2. The number of hydrogen-bond acceptors (Lipinski definition) is 4. The molecular weight excluding hydrogens is 344 g/mol. The van der Waals surface area contributed by atoms with Gasteiger partial charge in [0.15, 0.2) is 0 Å². The van der Waals surface area contributed by atoms with E-state index in [1.807, 2.05) is 24.3 Å². The van der Waals surface area contributed by atoms with Crippen molar-refractivity contribution in [2.75, 3.05) is 32.8 Å². The highest BCUT2D eigenvalue weighted by Gasteiger charge is 2.59. The summed E-state index contributed by atoms with van der Waals surface area (Å²) in [6.45, 7) is 2.62. The first-order valence-corrected chi connectivity index (χ1v) is 9.45. The monoisotopic (exact) mass is 368 g/mol. The molecule has 142 valence electrons. The van der Waals surface area contributed by atoms with Crippen molar-refractivity contribution in [1.82, 2.24) is 9.80 Å². The van der Waals surface area contributed by atoms with Crippen molar-refractivity contribution in [2.45, 2.75) is 19.4 Å². The van der Waals surface area contributed by atoms with Crippen LogP contribution in [0.3, 0.4) is 0 Å². The number of aliphatic hydroxyl groups is 1. The molecule has 0 aromatic heterocycles. The maximum Gasteiger partial charge on any atom is 0.313 e. The van der Waals surface area contributed by atoms with Gasteiger partial charge >= 0.3 is 5.97 Å². The van der Waals surface area contributed by atoms with Crippen molar-refractivity contribution < 1.29 is 19.8 Å². The summed E-state index contributed by atoms with van der Waals surface area (Å²) in [5.74, 6) is 4.99. The fourth-order valence-corrected chi connectivity index (χ4v) is 4.44. The van der Waals surface area contributed by atoms with Crippen molar-refractivity contribution in [3.05, 3.63) is 35.4 Å². The molecule has 4 rings (SSSR count). The van der Waals surface area contributed by atoms with Crippen LogP contribution in [0, 0.1) is 29.1 Å². The van der Waals surface area contributed by atoms with Gasteiger partial charge in [-0.1, -0.05) is 24.0 Å². The minimum Gasteiger partial charge on any atom is -0.481 e. The summed E-state index contributed by atoms with van der Waals surface area (Å²) < 4.78 is 0. The van der Waals surface area contributed by atoms with Crippen LogP contribution in [0.4, 0.5) is 0 Å². The third-order valence-corrected chi connectivity index (χ3v) is 6.02. The number of aliphatic hydroxyl groups excluding tert-OH is 1. The first-order valence-electron chi connectivity index (χ1n) is 9.45. The van der Waals surface area contributed by atoms with E-state index in [4.69, 9.17) is 5.11 Å². The van der Waals surface area contributed by atoms with Gasteiger partial charge in [0, 0.05) is 50.1 Å². The van der Waals surface area contributed by atoms with Gasteiger partial charge in [0.1, 0.15) is 12.0 Å². The van der Waals surface area contributed by atoms with Gasteiger partial charge in [0.05, 0.1) is 0 Å². The molecule has 2 aliphatic heterocycles. The Kier molecular flexibility index (Phi) is 4.67. The average molecular weight is 368 g/mol. The third-order valence-electron chi connectivity index (χ3n) is 6.02. The number of carbonyl (C=O) groups excluding carboxylic acids is 1. The SMILES string of the molecule is O=C(C1CC1)N1CC2CN(Cc3ccc(C#CCO)cc3)CC2(C(=O)O)C1. The van der Waals surface area contributed by atoms with Crippen LogP contribution in [0.15, 0.2) is 24.3 Å². The van der Waals surface area contributed by atoms with Gasteiger partial charge in [0.25, 0.3) is 0 Å². The summed E-state index contributed by atoms with van der Waals surface area (Å²) >= 11 is 0. The largest absolute Gasteiger partial charge is 0.481 e. The Hall–Kier alpha value is -2.36. The zero-order valence-corrected chi connectivity index (χ0v) is 15.2. The van der Waals surface area contributed by atoms with E-state index in [9.17, 15) is 14.7 Å². The predicted molar refractivity (Wildman–Crippen MR) is 98.5 cm³/mol. The van der Waals surface area contributed by atoms with Crippen LogP contribution in [0.5, 0.6) is 0 Å². The molecule has 1 aromatic rings. The van der Waals surface area contributed by atoms with Crippen LogP contribution in [-0.4, -0.2) is 64.7 Å². The van der Waals surface area contributed by atoms with Crippen LogP contribution >= 0.6 is 0 Å². The van der Waals surface area contributed by atoms with Crippen molar-refractivity contribution >= 4 is 11.9 Å². The molecule has 2 saturated heterocycles. The highest BCUT2D eigenvalue weighted by Crippen LogP contribution is 2.45. The Balaban J connectivity index is 1.42. The number of carbonyl (C=O) groups is 2. The zero-order valence-electron chi connectivity index (χ0n) is 15.2. The van der Waals surface area contributed by atoms with Crippen molar-refractivity contribution in [3.63, 3.8) is 0 Å². The predicted octanol–water partition coefficient (Wildman–Crippen LogP) is 0.785. The van der Waals surface area contributed by atoms with E-state index in [1.54, 1.807) is 4.90 Å². The molecule has 2 heterocycles. The number of rotatable bonds is 4. The number of aliphatic carboxylic acids is 1. The van der Waals surface area contributed by atoms with E-state index < -0.39 is 11.4 Å². The normalized spacial score (nSPS) is 27.1. The summed E-state index contributed by atoms with van der Waals surface area (Å²) in [6.07, 6.45) is 1.90. The Morgan fingerprint density at radius 2 is 1.89 bits per heavy atom. The summed E-state index contributed by atoms with van der Waals surface area (Å²) in [6, 6.07) is 7.81. The van der Waals surface area contributed by atoms with Gasteiger partial charge in [-0.05, 0) is 30.5 Å². The zero-order chi connectivity index (χ0) is 19.0. The van der Waals surface area contributed by atoms with Gasteiger partial charge in [0.2, 0.25) is 5.91 Å². The maximum atomic E-state index is 12.4. The molecule has 2 unspecified atom stereocenters. The van der Waals surface area contributed by atoms with E-state index in [1.165, 1.54) is 0 Å². The van der Waals surface area contributed by atoms with Gasteiger partial charge in [-0.3, -0.25) is 14.5 Å². The smallest absolute Gasteiger partial charge is 0.313 e. The van der Waals surface area contributed by atoms with E-state index in [0.29, 0.717) is 32.7 Å². The highest BCUT2D eigenvalue weighted by atomic mass is 16.4. The number of fused-ring (bicyclic) bond motifs is 1. The molecule has 27 heavy (non-hydrogen) atoms. The molecule has 2 atom stereocenters. The lowest BCUT2D eigenvalue weighted by Gasteiger charge is -2.25. The molecule has 0 spiro atoms. The summed E-state index contributed by atoms with van der Waals surface area (Å²) in [4.78, 5) is 28.5. The molecule has 1 amide bonds. The summed E-state index contributed by atoms with van der Waals surface area (Å²) in [7, 11) is 0. The highest BCUT2D eigenvalue weighted by molar-refractivity contribution is 5.84. The first-order chi connectivity index (χ1) is 13.0. The molecule has 0 bridgehead atoms. The van der Waals surface area contributed by atoms with E-state index in [2.05, 4.69) is 16.7 Å². The fraction of sp³-hybridized carbons (Fsp3) is 0.524. The molecule has 1 aromatic carbocycles.